The number of amides is 1. The van der Waals surface area contributed by atoms with Crippen LogP contribution >= 0.6 is 11.6 Å². The van der Waals surface area contributed by atoms with Gasteiger partial charge in [-0.25, -0.2) is 4.79 Å². The van der Waals surface area contributed by atoms with Crippen LogP contribution in [-0.4, -0.2) is 41.7 Å². The van der Waals surface area contributed by atoms with Gasteiger partial charge in [-0.1, -0.05) is 23.7 Å². The molecule has 0 saturated carbocycles. The maximum absolute atomic E-state index is 12.4. The summed E-state index contributed by atoms with van der Waals surface area (Å²) in [6.45, 7) is 0.464. The van der Waals surface area contributed by atoms with E-state index in [4.69, 9.17) is 20.8 Å². The number of ether oxygens (including phenoxy) is 1. The quantitative estimate of drug-likeness (QED) is 0.648. The summed E-state index contributed by atoms with van der Waals surface area (Å²) in [6.07, 6.45) is 1.69. The van der Waals surface area contributed by atoms with Crippen molar-refractivity contribution in [3.05, 3.63) is 64.0 Å². The third-order valence-electron chi connectivity index (χ3n) is 5.13. The zero-order valence-electron chi connectivity index (χ0n) is 15.6. The third kappa shape index (κ3) is 4.13. The van der Waals surface area contributed by atoms with Gasteiger partial charge in [-0.15, -0.1) is 0 Å². The molecule has 6 nitrogen and oxygen atoms in total. The van der Waals surface area contributed by atoms with Gasteiger partial charge in [0.1, 0.15) is 11.3 Å². The number of halogens is 1. The van der Waals surface area contributed by atoms with Crippen LogP contribution in [0.1, 0.15) is 12.8 Å². The van der Waals surface area contributed by atoms with E-state index in [1.165, 1.54) is 0 Å². The average Bonchev–Trinajstić information content (AvgIpc) is 3.21. The van der Waals surface area contributed by atoms with Gasteiger partial charge in [0, 0.05) is 23.0 Å². The Hall–Kier alpha value is -2.83. The number of carbonyl (C=O) groups is 1. The molecule has 1 N–H and O–H groups in total. The van der Waals surface area contributed by atoms with Crippen molar-refractivity contribution >= 4 is 28.5 Å². The summed E-state index contributed by atoms with van der Waals surface area (Å²) in [6, 6.07) is 13.7. The summed E-state index contributed by atoms with van der Waals surface area (Å²) >= 11 is 5.91. The van der Waals surface area contributed by atoms with Gasteiger partial charge < -0.3 is 19.2 Å². The lowest BCUT2D eigenvalue weighted by Crippen LogP contribution is -2.40. The number of aliphatic hydroxyl groups is 1. The lowest BCUT2D eigenvalue weighted by atomic mass is 10.1. The molecule has 1 atom stereocenters. The molecule has 1 saturated heterocycles. The minimum absolute atomic E-state index is 0.0389. The summed E-state index contributed by atoms with van der Waals surface area (Å²) in [5.74, 6) is 0.272. The van der Waals surface area contributed by atoms with E-state index < -0.39 is 5.63 Å². The molecule has 1 aromatic heterocycles. The van der Waals surface area contributed by atoms with E-state index in [0.29, 0.717) is 28.5 Å². The molecule has 0 radical (unpaired) electrons. The molecule has 29 heavy (non-hydrogen) atoms. The fraction of sp³-hybridized carbons (Fsp3) is 0.273. The van der Waals surface area contributed by atoms with E-state index in [9.17, 15) is 14.7 Å². The Bertz CT molecular complexity index is 1090. The van der Waals surface area contributed by atoms with E-state index in [0.717, 1.165) is 23.8 Å². The number of rotatable bonds is 5. The average molecular weight is 414 g/mol. The first-order chi connectivity index (χ1) is 14.0. The van der Waals surface area contributed by atoms with Crippen molar-refractivity contribution in [2.24, 2.45) is 0 Å². The van der Waals surface area contributed by atoms with E-state index in [-0.39, 0.29) is 25.2 Å². The number of fused-ring (bicyclic) bond motifs is 1. The van der Waals surface area contributed by atoms with Crippen LogP contribution in [0.4, 0.5) is 0 Å². The summed E-state index contributed by atoms with van der Waals surface area (Å²) in [5, 5.41) is 10.7. The molecule has 1 amide bonds. The molecule has 1 aliphatic heterocycles. The van der Waals surface area contributed by atoms with Gasteiger partial charge >= 0.3 is 5.63 Å². The molecule has 150 valence electrons. The van der Waals surface area contributed by atoms with Crippen molar-refractivity contribution in [2.75, 3.05) is 19.8 Å². The van der Waals surface area contributed by atoms with Gasteiger partial charge in [0.15, 0.2) is 6.61 Å². The summed E-state index contributed by atoms with van der Waals surface area (Å²) in [5.41, 5.74) is 1.09. The molecule has 3 aromatic rings. The van der Waals surface area contributed by atoms with Gasteiger partial charge in [-0.2, -0.15) is 0 Å². The second-order valence-corrected chi connectivity index (χ2v) is 7.44. The van der Waals surface area contributed by atoms with E-state index >= 15 is 0 Å². The maximum Gasteiger partial charge on any atom is 0.344 e. The topological polar surface area (TPSA) is 80.0 Å². The number of hydrogen-bond donors (Lipinski definition) is 1. The van der Waals surface area contributed by atoms with Gasteiger partial charge in [-0.3, -0.25) is 4.79 Å². The number of aliphatic hydroxyl groups excluding tert-OH is 1. The standard InChI is InChI=1S/C22H20ClNO5/c23-16-6-3-14(4-7-16)19-10-15-5-8-18(11-20(15)29-22(19)27)28-13-21(26)24-9-1-2-17(24)12-25/h3-8,10-11,17,25H,1-2,9,12-13H2/t17-/m0/s1. The predicted octanol–water partition coefficient (Wildman–Crippen LogP) is 3.48. The zero-order chi connectivity index (χ0) is 20.4. The summed E-state index contributed by atoms with van der Waals surface area (Å²) in [4.78, 5) is 26.4. The number of likely N-dealkylation sites (tertiary alicyclic amines) is 1. The molecule has 2 aromatic carbocycles. The molecule has 0 bridgehead atoms. The number of nitrogens with zero attached hydrogens (tertiary/aromatic N) is 1. The van der Waals surface area contributed by atoms with Crippen LogP contribution in [0.5, 0.6) is 5.75 Å². The zero-order valence-corrected chi connectivity index (χ0v) is 16.4. The van der Waals surface area contributed by atoms with Crippen LogP contribution in [0.2, 0.25) is 5.02 Å². The van der Waals surface area contributed by atoms with Crippen molar-refractivity contribution in [3.8, 4) is 16.9 Å². The highest BCUT2D eigenvalue weighted by Gasteiger charge is 2.28. The highest BCUT2D eigenvalue weighted by molar-refractivity contribution is 6.30. The van der Waals surface area contributed by atoms with Crippen LogP contribution in [0.15, 0.2) is 57.7 Å². The first kappa shape index (κ1) is 19.5. The lowest BCUT2D eigenvalue weighted by molar-refractivity contribution is -0.134. The summed E-state index contributed by atoms with van der Waals surface area (Å²) in [7, 11) is 0. The van der Waals surface area contributed by atoms with Crippen molar-refractivity contribution < 1.29 is 19.1 Å². The number of benzene rings is 2. The van der Waals surface area contributed by atoms with Gasteiger partial charge in [0.25, 0.3) is 5.91 Å². The normalized spacial score (nSPS) is 16.3. The SMILES string of the molecule is O=C(COc1ccc2cc(-c3ccc(Cl)cc3)c(=O)oc2c1)N1CCC[C@H]1CO. The Morgan fingerprint density at radius 2 is 2.00 bits per heavy atom. The Balaban J connectivity index is 1.52. The molecule has 0 unspecified atom stereocenters. The Labute approximate surface area is 172 Å². The largest absolute Gasteiger partial charge is 0.484 e. The van der Waals surface area contributed by atoms with Crippen LogP contribution in [0.25, 0.3) is 22.1 Å². The van der Waals surface area contributed by atoms with E-state index in [2.05, 4.69) is 0 Å². The monoisotopic (exact) mass is 413 g/mol. The van der Waals surface area contributed by atoms with Crippen LogP contribution in [0, 0.1) is 0 Å². The predicted molar refractivity (Wildman–Crippen MR) is 110 cm³/mol. The molecule has 1 fully saturated rings. The van der Waals surface area contributed by atoms with E-state index in [1.807, 2.05) is 0 Å². The molecule has 1 aliphatic rings. The Morgan fingerprint density at radius 1 is 1.21 bits per heavy atom. The van der Waals surface area contributed by atoms with Gasteiger partial charge in [0.05, 0.1) is 18.2 Å². The van der Waals surface area contributed by atoms with Crippen molar-refractivity contribution in [3.63, 3.8) is 0 Å². The second-order valence-electron chi connectivity index (χ2n) is 7.01. The molecule has 0 spiro atoms. The minimum atomic E-state index is -0.462. The lowest BCUT2D eigenvalue weighted by Gasteiger charge is -2.22. The van der Waals surface area contributed by atoms with Gasteiger partial charge in [0.2, 0.25) is 0 Å². The fourth-order valence-corrected chi connectivity index (χ4v) is 3.72. The summed E-state index contributed by atoms with van der Waals surface area (Å²) < 4.78 is 11.1. The molecule has 2 heterocycles. The van der Waals surface area contributed by atoms with Crippen LogP contribution < -0.4 is 10.4 Å². The third-order valence-corrected chi connectivity index (χ3v) is 5.39. The number of hydrogen-bond acceptors (Lipinski definition) is 5. The minimum Gasteiger partial charge on any atom is -0.484 e. The maximum atomic E-state index is 12.4. The number of carbonyl (C=O) groups excluding carboxylic acids is 1. The first-order valence-corrected chi connectivity index (χ1v) is 9.80. The fourth-order valence-electron chi connectivity index (χ4n) is 3.59. The van der Waals surface area contributed by atoms with Crippen LogP contribution in [0.3, 0.4) is 0 Å². The van der Waals surface area contributed by atoms with Crippen LogP contribution in [-0.2, 0) is 4.79 Å². The molecule has 7 heteroatoms. The smallest absolute Gasteiger partial charge is 0.344 e. The van der Waals surface area contributed by atoms with Gasteiger partial charge in [-0.05, 0) is 48.7 Å². The molecular formula is C22H20ClNO5. The van der Waals surface area contributed by atoms with E-state index in [1.54, 1.807) is 53.4 Å². The second kappa shape index (κ2) is 8.27. The van der Waals surface area contributed by atoms with Crippen molar-refractivity contribution in [1.82, 2.24) is 4.90 Å². The van der Waals surface area contributed by atoms with Crippen molar-refractivity contribution in [1.29, 1.82) is 0 Å². The molecule has 0 aliphatic carbocycles. The Kier molecular flexibility index (Phi) is 5.56. The first-order valence-electron chi connectivity index (χ1n) is 9.42. The molecular weight excluding hydrogens is 394 g/mol. The van der Waals surface area contributed by atoms with Crippen molar-refractivity contribution in [2.45, 2.75) is 18.9 Å². The highest BCUT2D eigenvalue weighted by Crippen LogP contribution is 2.25. The highest BCUT2D eigenvalue weighted by atomic mass is 35.5. The molecule has 4 rings (SSSR count). The Morgan fingerprint density at radius 3 is 2.76 bits per heavy atom.